The Morgan fingerprint density at radius 2 is 1.51 bits per heavy atom. The lowest BCUT2D eigenvalue weighted by atomic mass is 9.84. The molecule has 0 radical (unpaired) electrons. The average Bonchev–Trinajstić information content (AvgIpc) is 3.69. The number of Topliss-reactive ketones (excluding diaryl/α,β-unsaturated/α-hetero) is 1. The lowest BCUT2D eigenvalue weighted by Crippen LogP contribution is -2.56. The number of hydrogen-bond acceptors (Lipinski definition) is 9. The maximum Gasteiger partial charge on any atom is 0.326 e. The number of nitrogens with one attached hydrogen (secondary N) is 3. The molecule has 1 heterocycles. The number of likely N-dealkylation sites (N-methyl/N-ethyl adjacent to an activating group) is 2. The van der Waals surface area contributed by atoms with Crippen molar-refractivity contribution < 1.29 is 43.3 Å². The molecule has 0 aliphatic carbocycles. The number of carboxylic acids is 1. The normalized spacial score (nSPS) is 18.9. The monoisotopic (exact) mass is 830 g/mol. The molecule has 4 N–H and O–H groups in total. The van der Waals surface area contributed by atoms with E-state index >= 15 is 0 Å². The number of carboxylic acid groups (broad SMARTS) is 1. The quantitative estimate of drug-likeness (QED) is 0.104. The van der Waals surface area contributed by atoms with Crippen molar-refractivity contribution in [2.45, 2.75) is 149 Å². The van der Waals surface area contributed by atoms with Crippen LogP contribution in [0.3, 0.4) is 0 Å². The number of rotatable bonds is 26. The minimum absolute atomic E-state index is 0.00836. The van der Waals surface area contributed by atoms with Crippen molar-refractivity contribution in [1.82, 2.24) is 25.8 Å². The van der Waals surface area contributed by atoms with Crippen LogP contribution in [0.4, 0.5) is 0 Å². The molecule has 1 aliphatic rings. The van der Waals surface area contributed by atoms with E-state index in [2.05, 4.69) is 16.0 Å². The summed E-state index contributed by atoms with van der Waals surface area (Å²) in [5.74, 6) is -3.98. The summed E-state index contributed by atoms with van der Waals surface area (Å²) in [6, 6.07) is 5.73. The molecule has 1 aliphatic heterocycles. The van der Waals surface area contributed by atoms with Crippen LogP contribution >= 0.6 is 0 Å². The third-order valence-corrected chi connectivity index (χ3v) is 12.2. The van der Waals surface area contributed by atoms with Crippen molar-refractivity contribution in [2.75, 3.05) is 34.9 Å². The van der Waals surface area contributed by atoms with Gasteiger partial charge in [0.05, 0.1) is 42.7 Å². The summed E-state index contributed by atoms with van der Waals surface area (Å²) in [4.78, 5) is 84.8. The van der Waals surface area contributed by atoms with Crippen LogP contribution in [0.25, 0.3) is 0 Å². The zero-order valence-electron chi connectivity index (χ0n) is 37.8. The summed E-state index contributed by atoms with van der Waals surface area (Å²) in [7, 11) is 6.54. The van der Waals surface area contributed by atoms with Crippen LogP contribution in [0.15, 0.2) is 30.3 Å². The first-order valence-electron chi connectivity index (χ1n) is 21.6. The fourth-order valence-electron chi connectivity index (χ4n) is 8.57. The van der Waals surface area contributed by atoms with Gasteiger partial charge in [-0.25, -0.2) is 4.79 Å². The largest absolute Gasteiger partial charge is 0.480 e. The van der Waals surface area contributed by atoms with Crippen molar-refractivity contribution in [2.24, 2.45) is 29.6 Å². The number of benzene rings is 1. The highest BCUT2D eigenvalue weighted by atomic mass is 16.5. The molecule has 10 atom stereocenters. The fourth-order valence-corrected chi connectivity index (χ4v) is 8.57. The van der Waals surface area contributed by atoms with Gasteiger partial charge in [0.15, 0.2) is 5.78 Å². The van der Waals surface area contributed by atoms with Gasteiger partial charge in [-0.1, -0.05) is 98.6 Å². The molecule has 59 heavy (non-hydrogen) atoms. The standard InChI is InChI=1S/C45H75N5O9/c1-13-19-33(45(56)57)47-43(54)34(24-31-20-16-15-17-21-31)48-42(53)30(8)41(59-12)35-22-18-23-50(35)38(52)26-37(58-11)40(29(7)14-2)49(10)44(55)32(27(3)4)25-36(51)39(46-9)28(5)6/h15-17,20-21,27-30,32-35,37,39-41,46H,13-14,18-19,22-26H2,1-12H3,(H,47,54)(H,48,53)(H,56,57)/t29-,30+,32-,33?,34-,35-,37+,39-,40-,41+/m0/s1. The number of methoxy groups -OCH3 is 2. The highest BCUT2D eigenvalue weighted by Gasteiger charge is 2.43. The Hall–Kier alpha value is -3.88. The van der Waals surface area contributed by atoms with Crippen molar-refractivity contribution in [3.8, 4) is 0 Å². The minimum Gasteiger partial charge on any atom is -0.480 e. The summed E-state index contributed by atoms with van der Waals surface area (Å²) < 4.78 is 12.0. The number of carbonyl (C=O) groups is 6. The van der Waals surface area contributed by atoms with Crippen LogP contribution in [0, 0.1) is 29.6 Å². The van der Waals surface area contributed by atoms with Crippen LogP contribution < -0.4 is 16.0 Å². The molecule has 2 rings (SSSR count). The second-order valence-electron chi connectivity index (χ2n) is 17.1. The predicted molar refractivity (Wildman–Crippen MR) is 228 cm³/mol. The molecule has 1 aromatic rings. The summed E-state index contributed by atoms with van der Waals surface area (Å²) in [6.45, 7) is 15.9. The van der Waals surface area contributed by atoms with Crippen molar-refractivity contribution in [3.05, 3.63) is 35.9 Å². The van der Waals surface area contributed by atoms with Gasteiger partial charge in [0.1, 0.15) is 12.1 Å². The fraction of sp³-hybridized carbons (Fsp3) is 0.733. The number of amides is 4. The number of carbonyl (C=O) groups excluding carboxylic acids is 5. The zero-order chi connectivity index (χ0) is 44.6. The van der Waals surface area contributed by atoms with Crippen molar-refractivity contribution in [3.63, 3.8) is 0 Å². The second-order valence-corrected chi connectivity index (χ2v) is 17.1. The first kappa shape index (κ1) is 51.3. The maximum absolute atomic E-state index is 14.3. The van der Waals surface area contributed by atoms with E-state index in [9.17, 15) is 33.9 Å². The molecule has 1 fully saturated rings. The number of likely N-dealkylation sites (tertiary alicyclic amines) is 1. The molecule has 334 valence electrons. The van der Waals surface area contributed by atoms with Gasteiger partial charge in [-0.2, -0.15) is 0 Å². The van der Waals surface area contributed by atoms with E-state index < -0.39 is 66.0 Å². The molecule has 1 saturated heterocycles. The summed E-state index contributed by atoms with van der Waals surface area (Å²) >= 11 is 0. The summed E-state index contributed by atoms with van der Waals surface area (Å²) in [5.41, 5.74) is 0.788. The van der Waals surface area contributed by atoms with E-state index in [1.54, 1.807) is 37.9 Å². The molecule has 14 nitrogen and oxygen atoms in total. The predicted octanol–water partition coefficient (Wildman–Crippen LogP) is 4.48. The lowest BCUT2D eigenvalue weighted by Gasteiger charge is -2.41. The van der Waals surface area contributed by atoms with Crippen LogP contribution in [-0.4, -0.2) is 128 Å². The molecular formula is C45H75N5O9. The van der Waals surface area contributed by atoms with Gasteiger partial charge in [0.2, 0.25) is 23.6 Å². The first-order chi connectivity index (χ1) is 27.9. The minimum atomic E-state index is -1.15. The van der Waals surface area contributed by atoms with Crippen LogP contribution in [0.2, 0.25) is 0 Å². The van der Waals surface area contributed by atoms with E-state index in [1.165, 1.54) is 7.11 Å². The van der Waals surface area contributed by atoms with E-state index in [0.717, 1.165) is 12.0 Å². The molecule has 1 unspecified atom stereocenters. The van der Waals surface area contributed by atoms with Crippen LogP contribution in [-0.2, 0) is 44.7 Å². The highest BCUT2D eigenvalue weighted by molar-refractivity contribution is 5.92. The topological polar surface area (TPSA) is 184 Å². The Morgan fingerprint density at radius 3 is 2.02 bits per heavy atom. The van der Waals surface area contributed by atoms with Crippen LogP contribution in [0.1, 0.15) is 106 Å². The molecule has 14 heteroatoms. The van der Waals surface area contributed by atoms with E-state index in [1.807, 2.05) is 78.8 Å². The zero-order valence-corrected chi connectivity index (χ0v) is 37.8. The Balaban J connectivity index is 2.33. The first-order valence-corrected chi connectivity index (χ1v) is 21.6. The number of ether oxygens (including phenoxy) is 2. The Kier molecular flexibility index (Phi) is 21.7. The molecular weight excluding hydrogens is 755 g/mol. The molecule has 0 spiro atoms. The molecule has 1 aromatic carbocycles. The van der Waals surface area contributed by atoms with E-state index in [0.29, 0.717) is 25.8 Å². The summed E-state index contributed by atoms with van der Waals surface area (Å²) in [6.07, 6.45) is 1.65. The Bertz CT molecular complexity index is 1510. The SMILES string of the molecule is CCCC(NC(=O)[C@H](Cc1ccccc1)NC(=O)[C@H](C)[C@@H](OC)[C@@H]1CCCN1C(=O)C[C@@H](OC)[C@H]([C@@H](C)CC)N(C)C(=O)[C@@H](CC(=O)[C@@H](NC)C(C)C)C(C)C)C(=O)O. The maximum atomic E-state index is 14.3. The van der Waals surface area contributed by atoms with Gasteiger partial charge in [0.25, 0.3) is 0 Å². The van der Waals surface area contributed by atoms with E-state index in [4.69, 9.17) is 9.47 Å². The Morgan fingerprint density at radius 1 is 0.881 bits per heavy atom. The number of ketones is 1. The van der Waals surface area contributed by atoms with Gasteiger partial charge in [0, 0.05) is 46.6 Å². The van der Waals surface area contributed by atoms with Gasteiger partial charge in [-0.15, -0.1) is 0 Å². The van der Waals surface area contributed by atoms with Gasteiger partial charge in [-0.05, 0) is 49.6 Å². The molecule has 4 amide bonds. The number of aliphatic carboxylic acids is 1. The number of nitrogens with zero attached hydrogens (tertiary/aromatic N) is 2. The second kappa shape index (κ2) is 25.0. The van der Waals surface area contributed by atoms with E-state index in [-0.39, 0.29) is 67.1 Å². The third-order valence-electron chi connectivity index (χ3n) is 12.2. The Labute approximate surface area is 353 Å². The molecule has 0 aromatic heterocycles. The summed E-state index contributed by atoms with van der Waals surface area (Å²) in [5, 5.41) is 18.3. The third kappa shape index (κ3) is 14.4. The average molecular weight is 830 g/mol. The lowest BCUT2D eigenvalue weighted by molar-refractivity contribution is -0.149. The smallest absolute Gasteiger partial charge is 0.326 e. The van der Waals surface area contributed by atoms with Gasteiger partial charge < -0.3 is 40.3 Å². The number of hydrogen-bond donors (Lipinski definition) is 4. The van der Waals surface area contributed by atoms with Crippen molar-refractivity contribution >= 4 is 35.4 Å². The van der Waals surface area contributed by atoms with Gasteiger partial charge >= 0.3 is 5.97 Å². The van der Waals surface area contributed by atoms with Gasteiger partial charge in [-0.3, -0.25) is 24.0 Å². The van der Waals surface area contributed by atoms with Crippen molar-refractivity contribution in [1.29, 1.82) is 0 Å². The highest BCUT2D eigenvalue weighted by Crippen LogP contribution is 2.31. The molecule has 0 saturated carbocycles. The van der Waals surface area contributed by atoms with Crippen LogP contribution in [0.5, 0.6) is 0 Å². The molecule has 0 bridgehead atoms.